The van der Waals surface area contributed by atoms with Crippen LogP contribution in [0.15, 0.2) is 12.1 Å². The Hall–Kier alpha value is -2.91. The smallest absolute Gasteiger partial charge is 0.326 e. The van der Waals surface area contributed by atoms with Crippen LogP contribution in [-0.2, 0) is 9.59 Å². The Morgan fingerprint density at radius 2 is 2.00 bits per heavy atom. The zero-order chi connectivity index (χ0) is 14.6. The lowest BCUT2D eigenvalue weighted by atomic mass is 10.2. The average molecular weight is 271 g/mol. The number of carbonyl (C=O) groups is 3. The van der Waals surface area contributed by atoms with Gasteiger partial charge in [0, 0.05) is 6.07 Å². The average Bonchev–Trinajstić information content (AvgIpc) is 2.76. The number of aliphatic carboxylic acids is 2. The molecular formula is C9H9N3O7. The summed E-state index contributed by atoms with van der Waals surface area (Å²) in [7, 11) is 0. The van der Waals surface area contributed by atoms with E-state index in [0.717, 1.165) is 12.1 Å². The number of nitrogens with one attached hydrogen (secondary N) is 2. The molecule has 0 aliphatic heterocycles. The van der Waals surface area contributed by atoms with Gasteiger partial charge in [-0.15, -0.1) is 0 Å². The second kappa shape index (κ2) is 5.62. The normalized spacial score (nSPS) is 11.6. The van der Waals surface area contributed by atoms with Crippen LogP contribution in [0.1, 0.15) is 16.9 Å². The first kappa shape index (κ1) is 14.2. The van der Waals surface area contributed by atoms with Gasteiger partial charge in [0.2, 0.25) is 0 Å². The maximum Gasteiger partial charge on any atom is 0.326 e. The second-order valence-electron chi connectivity index (χ2n) is 3.48. The van der Waals surface area contributed by atoms with Crippen LogP contribution >= 0.6 is 0 Å². The van der Waals surface area contributed by atoms with Crippen molar-refractivity contribution in [2.24, 2.45) is 0 Å². The summed E-state index contributed by atoms with van der Waals surface area (Å²) in [4.78, 5) is 44.5. The van der Waals surface area contributed by atoms with Crippen molar-refractivity contribution in [2.45, 2.75) is 12.5 Å². The number of nitrogens with zero attached hydrogens (tertiary/aromatic N) is 1. The summed E-state index contributed by atoms with van der Waals surface area (Å²) in [5.74, 6) is -4.29. The van der Waals surface area contributed by atoms with E-state index in [4.69, 9.17) is 10.2 Å². The fourth-order valence-corrected chi connectivity index (χ4v) is 1.23. The van der Waals surface area contributed by atoms with Gasteiger partial charge in [-0.1, -0.05) is 0 Å². The molecule has 1 heterocycles. The number of aromatic nitrogens is 1. The molecule has 0 aliphatic rings. The Morgan fingerprint density at radius 1 is 1.37 bits per heavy atom. The molecule has 0 unspecified atom stereocenters. The van der Waals surface area contributed by atoms with Crippen molar-refractivity contribution in [3.05, 3.63) is 27.9 Å². The Labute approximate surface area is 105 Å². The predicted molar refractivity (Wildman–Crippen MR) is 58.6 cm³/mol. The summed E-state index contributed by atoms with van der Waals surface area (Å²) in [6.45, 7) is 0. The zero-order valence-electron chi connectivity index (χ0n) is 9.32. The lowest BCUT2D eigenvalue weighted by Crippen LogP contribution is -2.42. The van der Waals surface area contributed by atoms with Crippen LogP contribution < -0.4 is 5.32 Å². The third kappa shape index (κ3) is 3.80. The SMILES string of the molecule is O=C(O)C[C@H](NC(=O)c1ccc([N+](=O)[O-])[nH]1)C(=O)O. The van der Waals surface area contributed by atoms with Crippen molar-refractivity contribution in [3.8, 4) is 0 Å². The summed E-state index contributed by atoms with van der Waals surface area (Å²) in [5, 5.41) is 29.5. The number of amides is 1. The van der Waals surface area contributed by atoms with Crippen molar-refractivity contribution < 1.29 is 29.5 Å². The lowest BCUT2D eigenvalue weighted by molar-refractivity contribution is -0.389. The quantitative estimate of drug-likeness (QED) is 0.403. The van der Waals surface area contributed by atoms with Crippen LogP contribution in [0.4, 0.5) is 5.82 Å². The number of carboxylic acids is 2. The molecule has 1 amide bonds. The molecule has 1 atom stereocenters. The highest BCUT2D eigenvalue weighted by Crippen LogP contribution is 2.10. The maximum absolute atomic E-state index is 11.6. The Bertz CT molecular complexity index is 536. The monoisotopic (exact) mass is 271 g/mol. The third-order valence-corrected chi connectivity index (χ3v) is 2.09. The molecule has 10 heteroatoms. The van der Waals surface area contributed by atoms with Crippen LogP contribution in [-0.4, -0.2) is 44.0 Å². The van der Waals surface area contributed by atoms with Crippen LogP contribution in [0.25, 0.3) is 0 Å². The molecule has 0 spiro atoms. The molecule has 0 saturated carbocycles. The summed E-state index contributed by atoms with van der Waals surface area (Å²) < 4.78 is 0. The Balaban J connectivity index is 2.78. The number of carbonyl (C=O) groups excluding carboxylic acids is 1. The molecule has 1 rings (SSSR count). The van der Waals surface area contributed by atoms with Crippen LogP contribution in [0.2, 0.25) is 0 Å². The first-order chi connectivity index (χ1) is 8.81. The highest BCUT2D eigenvalue weighted by atomic mass is 16.6. The van der Waals surface area contributed by atoms with Gasteiger partial charge in [0.1, 0.15) is 6.04 Å². The van der Waals surface area contributed by atoms with E-state index < -0.39 is 41.0 Å². The van der Waals surface area contributed by atoms with Gasteiger partial charge >= 0.3 is 17.8 Å². The number of aromatic amines is 1. The molecular weight excluding hydrogens is 262 g/mol. The summed E-state index contributed by atoms with van der Waals surface area (Å²) in [6.07, 6.45) is -0.802. The lowest BCUT2D eigenvalue weighted by Gasteiger charge is -2.10. The van der Waals surface area contributed by atoms with Gasteiger partial charge in [-0.05, 0) is 11.0 Å². The highest BCUT2D eigenvalue weighted by Gasteiger charge is 2.25. The van der Waals surface area contributed by atoms with E-state index in [1.54, 1.807) is 0 Å². The third-order valence-electron chi connectivity index (χ3n) is 2.09. The van der Waals surface area contributed by atoms with Gasteiger partial charge in [0.25, 0.3) is 5.91 Å². The van der Waals surface area contributed by atoms with Gasteiger partial charge in [-0.2, -0.15) is 0 Å². The summed E-state index contributed by atoms with van der Waals surface area (Å²) in [5.41, 5.74) is -0.233. The van der Waals surface area contributed by atoms with E-state index in [-0.39, 0.29) is 5.69 Å². The molecule has 102 valence electrons. The molecule has 1 aromatic heterocycles. The van der Waals surface area contributed by atoms with E-state index in [0.29, 0.717) is 0 Å². The highest BCUT2D eigenvalue weighted by molar-refractivity contribution is 5.96. The first-order valence-electron chi connectivity index (χ1n) is 4.90. The second-order valence-corrected chi connectivity index (χ2v) is 3.48. The van der Waals surface area contributed by atoms with E-state index in [2.05, 4.69) is 4.98 Å². The van der Waals surface area contributed by atoms with Crippen LogP contribution in [0, 0.1) is 10.1 Å². The summed E-state index contributed by atoms with van der Waals surface area (Å²) in [6, 6.07) is 0.502. The molecule has 19 heavy (non-hydrogen) atoms. The van der Waals surface area contributed by atoms with Crippen molar-refractivity contribution in [3.63, 3.8) is 0 Å². The fraction of sp³-hybridized carbons (Fsp3) is 0.222. The molecule has 0 fully saturated rings. The summed E-state index contributed by atoms with van der Waals surface area (Å²) >= 11 is 0. The first-order valence-corrected chi connectivity index (χ1v) is 4.90. The molecule has 0 bridgehead atoms. The van der Waals surface area contributed by atoms with Crippen molar-refractivity contribution in [2.75, 3.05) is 0 Å². The van der Waals surface area contributed by atoms with E-state index in [1.807, 2.05) is 5.32 Å². The molecule has 0 saturated heterocycles. The zero-order valence-corrected chi connectivity index (χ0v) is 9.32. The number of nitro groups is 1. The molecule has 4 N–H and O–H groups in total. The van der Waals surface area contributed by atoms with E-state index >= 15 is 0 Å². The van der Waals surface area contributed by atoms with Crippen LogP contribution in [0.5, 0.6) is 0 Å². The molecule has 0 aliphatic carbocycles. The van der Waals surface area contributed by atoms with Crippen molar-refractivity contribution in [1.29, 1.82) is 0 Å². The minimum Gasteiger partial charge on any atom is -0.481 e. The number of hydrogen-bond donors (Lipinski definition) is 4. The largest absolute Gasteiger partial charge is 0.481 e. The van der Waals surface area contributed by atoms with Gasteiger partial charge in [-0.3, -0.25) is 9.59 Å². The molecule has 0 radical (unpaired) electrons. The maximum atomic E-state index is 11.6. The molecule has 1 aromatic rings. The fourth-order valence-electron chi connectivity index (χ4n) is 1.23. The van der Waals surface area contributed by atoms with E-state index in [9.17, 15) is 24.5 Å². The van der Waals surface area contributed by atoms with Crippen LogP contribution in [0.3, 0.4) is 0 Å². The van der Waals surface area contributed by atoms with Gasteiger partial charge in [-0.25, -0.2) is 9.78 Å². The minimum absolute atomic E-state index is 0.233. The molecule has 0 aromatic carbocycles. The number of hydrogen-bond acceptors (Lipinski definition) is 5. The number of carboxylic acid groups (broad SMARTS) is 2. The van der Waals surface area contributed by atoms with Crippen molar-refractivity contribution in [1.82, 2.24) is 10.3 Å². The standard InChI is InChI=1S/C9H9N3O7/c13-7(14)3-5(9(16)17)11-8(15)4-1-2-6(10-4)12(18)19/h1-2,5,10H,3H2,(H,11,15)(H,13,14)(H,16,17)/t5-/m0/s1. The van der Waals surface area contributed by atoms with Crippen molar-refractivity contribution >= 4 is 23.7 Å². The molecule has 10 nitrogen and oxygen atoms in total. The van der Waals surface area contributed by atoms with Gasteiger partial charge < -0.3 is 25.6 Å². The minimum atomic E-state index is -1.62. The topological polar surface area (TPSA) is 163 Å². The Morgan fingerprint density at radius 3 is 2.42 bits per heavy atom. The predicted octanol–water partition coefficient (Wildman–Crippen LogP) is -0.419. The van der Waals surface area contributed by atoms with E-state index in [1.165, 1.54) is 0 Å². The number of rotatable bonds is 6. The van der Waals surface area contributed by atoms with Gasteiger partial charge in [0.15, 0.2) is 5.69 Å². The Kier molecular flexibility index (Phi) is 4.19. The van der Waals surface area contributed by atoms with Gasteiger partial charge in [0.05, 0.1) is 6.42 Å². The number of H-pyrrole nitrogens is 1.